The summed E-state index contributed by atoms with van der Waals surface area (Å²) < 4.78 is 4.73. The van der Waals surface area contributed by atoms with Crippen LogP contribution in [0.15, 0.2) is 0 Å². The molecule has 0 aromatic carbocycles. The molecule has 4 amide bonds. The van der Waals surface area contributed by atoms with Gasteiger partial charge in [-0.25, -0.2) is 9.59 Å². The van der Waals surface area contributed by atoms with E-state index in [0.29, 0.717) is 0 Å². The number of nitrogens with one attached hydrogen (secondary N) is 3. The van der Waals surface area contributed by atoms with Crippen molar-refractivity contribution >= 4 is 18.0 Å². The zero-order chi connectivity index (χ0) is 11.7. The van der Waals surface area contributed by atoms with E-state index in [2.05, 4.69) is 16.0 Å². The maximum absolute atomic E-state index is 11.5. The lowest BCUT2D eigenvalue weighted by Gasteiger charge is -2.19. The fraction of sp³-hybridized carbons (Fsp3) is 0.625. The van der Waals surface area contributed by atoms with Gasteiger partial charge in [-0.05, 0) is 6.92 Å². The van der Waals surface area contributed by atoms with Crippen LogP contribution < -0.4 is 16.0 Å². The highest BCUT2D eigenvalue weighted by molar-refractivity contribution is 5.87. The lowest BCUT2D eigenvalue weighted by atomic mass is 10.4. The van der Waals surface area contributed by atoms with Crippen molar-refractivity contribution in [2.75, 3.05) is 13.2 Å². The Hall–Kier alpha value is -1.99. The van der Waals surface area contributed by atoms with E-state index in [1.165, 1.54) is 4.90 Å². The second kappa shape index (κ2) is 3.87. The maximum Gasteiger partial charge on any atom is 0.325 e. The molecule has 0 aliphatic carbocycles. The quantitative estimate of drug-likeness (QED) is 0.514. The van der Waals surface area contributed by atoms with Gasteiger partial charge in [0.2, 0.25) is 0 Å². The standard InChI is InChI=1S/C8H12N4O4/c1-2-16-4(13)3-12-6-5(10-8(12)15)9-7(14)11-6/h5-6H,2-3H2,1H3,(H,10,15)(H2,9,11,14)/t5-,6-/m1/s1. The van der Waals surface area contributed by atoms with Crippen LogP contribution in [0.1, 0.15) is 6.92 Å². The third-order valence-electron chi connectivity index (χ3n) is 2.36. The minimum Gasteiger partial charge on any atom is -0.465 e. The summed E-state index contributed by atoms with van der Waals surface area (Å²) in [7, 11) is 0. The normalized spacial score (nSPS) is 26.9. The maximum atomic E-state index is 11.5. The first-order valence-corrected chi connectivity index (χ1v) is 4.91. The highest BCUT2D eigenvalue weighted by Gasteiger charge is 2.46. The van der Waals surface area contributed by atoms with E-state index < -0.39 is 24.3 Å². The summed E-state index contributed by atoms with van der Waals surface area (Å²) in [5.41, 5.74) is 0. The summed E-state index contributed by atoms with van der Waals surface area (Å²) in [5, 5.41) is 7.56. The number of amides is 4. The van der Waals surface area contributed by atoms with E-state index in [-0.39, 0.29) is 19.2 Å². The van der Waals surface area contributed by atoms with Crippen LogP contribution in [-0.4, -0.2) is 48.4 Å². The summed E-state index contributed by atoms with van der Waals surface area (Å²) in [4.78, 5) is 34.9. The van der Waals surface area contributed by atoms with E-state index in [9.17, 15) is 14.4 Å². The van der Waals surface area contributed by atoms with Crippen LogP contribution in [0.4, 0.5) is 9.59 Å². The van der Waals surface area contributed by atoms with Gasteiger partial charge in [0.25, 0.3) is 0 Å². The Labute approximate surface area is 91.3 Å². The molecule has 0 unspecified atom stereocenters. The van der Waals surface area contributed by atoms with Crippen molar-refractivity contribution in [2.24, 2.45) is 0 Å². The van der Waals surface area contributed by atoms with Crippen molar-refractivity contribution in [2.45, 2.75) is 19.3 Å². The smallest absolute Gasteiger partial charge is 0.325 e. The number of urea groups is 2. The Morgan fingerprint density at radius 2 is 2.12 bits per heavy atom. The number of hydrogen-bond donors (Lipinski definition) is 3. The predicted molar refractivity (Wildman–Crippen MR) is 51.1 cm³/mol. The van der Waals surface area contributed by atoms with E-state index in [1.54, 1.807) is 6.92 Å². The van der Waals surface area contributed by atoms with Gasteiger partial charge in [0, 0.05) is 0 Å². The summed E-state index contributed by atoms with van der Waals surface area (Å²) in [6.45, 7) is 1.76. The molecule has 0 bridgehead atoms. The van der Waals surface area contributed by atoms with Gasteiger partial charge in [-0.2, -0.15) is 0 Å². The van der Waals surface area contributed by atoms with Crippen molar-refractivity contribution in [1.29, 1.82) is 0 Å². The second-order valence-electron chi connectivity index (χ2n) is 3.42. The molecule has 2 atom stereocenters. The van der Waals surface area contributed by atoms with Crippen LogP contribution in [0.5, 0.6) is 0 Å². The van der Waals surface area contributed by atoms with Crippen LogP contribution in [0.3, 0.4) is 0 Å². The van der Waals surface area contributed by atoms with Gasteiger partial charge < -0.3 is 20.7 Å². The topological polar surface area (TPSA) is 99.8 Å². The van der Waals surface area contributed by atoms with Gasteiger partial charge in [0.15, 0.2) is 0 Å². The molecule has 8 nitrogen and oxygen atoms in total. The van der Waals surface area contributed by atoms with Crippen LogP contribution in [0, 0.1) is 0 Å². The van der Waals surface area contributed by atoms with Gasteiger partial charge >= 0.3 is 18.0 Å². The van der Waals surface area contributed by atoms with Gasteiger partial charge in [0.05, 0.1) is 6.61 Å². The Morgan fingerprint density at radius 3 is 2.81 bits per heavy atom. The van der Waals surface area contributed by atoms with Gasteiger partial charge in [0.1, 0.15) is 18.9 Å². The third-order valence-corrected chi connectivity index (χ3v) is 2.36. The Morgan fingerprint density at radius 1 is 1.38 bits per heavy atom. The van der Waals surface area contributed by atoms with Crippen LogP contribution >= 0.6 is 0 Å². The van der Waals surface area contributed by atoms with E-state index in [0.717, 1.165) is 0 Å². The highest BCUT2D eigenvalue weighted by Crippen LogP contribution is 2.13. The second-order valence-corrected chi connectivity index (χ2v) is 3.42. The van der Waals surface area contributed by atoms with E-state index in [4.69, 9.17) is 4.74 Å². The zero-order valence-electron chi connectivity index (χ0n) is 8.65. The molecule has 2 fully saturated rings. The first-order valence-electron chi connectivity index (χ1n) is 4.91. The summed E-state index contributed by atoms with van der Waals surface area (Å²) in [6, 6.07) is -0.778. The van der Waals surface area contributed by atoms with Crippen molar-refractivity contribution in [3.05, 3.63) is 0 Å². The van der Waals surface area contributed by atoms with Gasteiger partial charge in [-0.1, -0.05) is 0 Å². The average molecular weight is 228 g/mol. The molecule has 8 heteroatoms. The lowest BCUT2D eigenvalue weighted by Crippen LogP contribution is -2.46. The first kappa shape index (κ1) is 10.5. The van der Waals surface area contributed by atoms with Crippen LogP contribution in [0.25, 0.3) is 0 Å². The number of ether oxygens (including phenoxy) is 1. The Bertz CT molecular complexity index is 345. The molecule has 2 heterocycles. The fourth-order valence-corrected chi connectivity index (χ4v) is 1.71. The number of hydrogen-bond acceptors (Lipinski definition) is 4. The summed E-state index contributed by atoms with van der Waals surface area (Å²) in [5.74, 6) is -0.501. The van der Waals surface area contributed by atoms with Crippen molar-refractivity contribution in [3.8, 4) is 0 Å². The third kappa shape index (κ3) is 1.73. The SMILES string of the molecule is CCOC(=O)CN1C(=O)N[C@H]2NC(=O)N[C@@H]21. The molecule has 2 aliphatic rings. The van der Waals surface area contributed by atoms with Crippen molar-refractivity contribution < 1.29 is 19.1 Å². The molecule has 3 N–H and O–H groups in total. The highest BCUT2D eigenvalue weighted by atomic mass is 16.5. The molecule has 2 saturated heterocycles. The summed E-state index contributed by atoms with van der Waals surface area (Å²) in [6.07, 6.45) is -1.03. The lowest BCUT2D eigenvalue weighted by molar-refractivity contribution is -0.144. The number of carbonyl (C=O) groups excluding carboxylic acids is 3. The summed E-state index contributed by atoms with van der Waals surface area (Å²) >= 11 is 0. The predicted octanol–water partition coefficient (Wildman–Crippen LogP) is -1.46. The molecular formula is C8H12N4O4. The monoisotopic (exact) mass is 228 g/mol. The van der Waals surface area contributed by atoms with Crippen LogP contribution in [-0.2, 0) is 9.53 Å². The Kier molecular flexibility index (Phi) is 2.55. The van der Waals surface area contributed by atoms with Gasteiger partial charge in [-0.3, -0.25) is 9.69 Å². The van der Waals surface area contributed by atoms with Gasteiger partial charge in [-0.15, -0.1) is 0 Å². The van der Waals surface area contributed by atoms with Crippen molar-refractivity contribution in [1.82, 2.24) is 20.9 Å². The molecule has 88 valence electrons. The molecule has 16 heavy (non-hydrogen) atoms. The van der Waals surface area contributed by atoms with Crippen LogP contribution in [0.2, 0.25) is 0 Å². The molecular weight excluding hydrogens is 216 g/mol. The molecule has 2 aliphatic heterocycles. The first-order chi connectivity index (χ1) is 7.61. The Balaban J connectivity index is 2.00. The number of esters is 1. The zero-order valence-corrected chi connectivity index (χ0v) is 8.65. The average Bonchev–Trinajstić information content (AvgIpc) is 2.66. The number of rotatable bonds is 3. The van der Waals surface area contributed by atoms with E-state index in [1.807, 2.05) is 0 Å². The minimum atomic E-state index is -0.538. The van der Waals surface area contributed by atoms with E-state index >= 15 is 0 Å². The number of nitrogens with zero attached hydrogens (tertiary/aromatic N) is 1. The number of carbonyl (C=O) groups is 3. The minimum absolute atomic E-state index is 0.178. The van der Waals surface area contributed by atoms with Crippen molar-refractivity contribution in [3.63, 3.8) is 0 Å². The fourth-order valence-electron chi connectivity index (χ4n) is 1.71. The molecule has 0 saturated carbocycles. The molecule has 0 aromatic heterocycles. The number of fused-ring (bicyclic) bond motifs is 1. The molecule has 2 rings (SSSR count). The molecule has 0 radical (unpaired) electrons. The molecule has 0 spiro atoms. The largest absolute Gasteiger partial charge is 0.465 e. The molecule has 0 aromatic rings.